The zero-order chi connectivity index (χ0) is 17.2. The first kappa shape index (κ1) is 17.8. The van der Waals surface area contributed by atoms with Gasteiger partial charge in [-0.1, -0.05) is 18.2 Å². The lowest BCUT2D eigenvalue weighted by Crippen LogP contribution is -2.41. The number of para-hydroxylation sites is 1. The van der Waals surface area contributed by atoms with E-state index in [0.717, 1.165) is 9.26 Å². The largest absolute Gasteiger partial charge is 0.325 e. The van der Waals surface area contributed by atoms with Gasteiger partial charge in [0.2, 0.25) is 5.91 Å². The van der Waals surface area contributed by atoms with Crippen LogP contribution >= 0.6 is 33.9 Å². The van der Waals surface area contributed by atoms with Crippen molar-refractivity contribution in [3.8, 4) is 0 Å². The molecule has 128 valence electrons. The molecule has 8 heteroatoms. The maximum Gasteiger partial charge on any atom is 0.252 e. The molecule has 1 amide bonds. The second-order valence-electron chi connectivity index (χ2n) is 5.58. The topological polar surface area (TPSA) is 66.5 Å². The van der Waals surface area contributed by atoms with E-state index in [1.807, 2.05) is 24.3 Å². The van der Waals surface area contributed by atoms with Gasteiger partial charge in [-0.2, -0.15) is 4.31 Å². The van der Waals surface area contributed by atoms with Gasteiger partial charge in [0.05, 0.1) is 5.69 Å². The highest BCUT2D eigenvalue weighted by Crippen LogP contribution is 2.27. The zero-order valence-electron chi connectivity index (χ0n) is 12.8. The van der Waals surface area contributed by atoms with Crippen LogP contribution in [0.15, 0.2) is 46.0 Å². The predicted octanol–water partition coefficient (Wildman–Crippen LogP) is 3.39. The second kappa shape index (κ2) is 7.51. The van der Waals surface area contributed by atoms with Crippen LogP contribution in [0.4, 0.5) is 5.69 Å². The maximum absolute atomic E-state index is 12.5. The highest BCUT2D eigenvalue weighted by atomic mass is 127. The first-order valence-corrected chi connectivity index (χ1v) is 11.0. The zero-order valence-corrected chi connectivity index (χ0v) is 16.6. The number of halogens is 1. The first-order chi connectivity index (χ1) is 11.5. The fraction of sp³-hybridized carbons (Fsp3) is 0.312. The van der Waals surface area contributed by atoms with Crippen molar-refractivity contribution < 1.29 is 13.2 Å². The van der Waals surface area contributed by atoms with E-state index in [1.165, 1.54) is 15.6 Å². The van der Waals surface area contributed by atoms with Crippen molar-refractivity contribution in [1.29, 1.82) is 0 Å². The molecule has 24 heavy (non-hydrogen) atoms. The molecule has 0 radical (unpaired) electrons. The van der Waals surface area contributed by atoms with Crippen LogP contribution in [0.1, 0.15) is 12.8 Å². The number of piperidine rings is 1. The minimum Gasteiger partial charge on any atom is -0.325 e. The number of nitrogens with zero attached hydrogens (tertiary/aromatic N) is 1. The lowest BCUT2D eigenvalue weighted by atomic mass is 9.97. The van der Waals surface area contributed by atoms with Gasteiger partial charge in [0, 0.05) is 22.6 Å². The molecular weight excluding hydrogens is 459 g/mol. The number of amides is 1. The van der Waals surface area contributed by atoms with Gasteiger partial charge in [0.1, 0.15) is 4.21 Å². The third-order valence-corrected chi connectivity index (χ3v) is 8.26. The summed E-state index contributed by atoms with van der Waals surface area (Å²) in [4.78, 5) is 12.4. The quantitative estimate of drug-likeness (QED) is 0.689. The van der Waals surface area contributed by atoms with Gasteiger partial charge in [0.15, 0.2) is 0 Å². The van der Waals surface area contributed by atoms with E-state index in [4.69, 9.17) is 0 Å². The van der Waals surface area contributed by atoms with E-state index >= 15 is 0 Å². The summed E-state index contributed by atoms with van der Waals surface area (Å²) in [6.45, 7) is 0.758. The minimum absolute atomic E-state index is 0.0349. The maximum atomic E-state index is 12.5. The Morgan fingerprint density at radius 3 is 2.50 bits per heavy atom. The Kier molecular flexibility index (Phi) is 5.58. The van der Waals surface area contributed by atoms with Gasteiger partial charge in [-0.25, -0.2) is 8.42 Å². The molecule has 0 spiro atoms. The van der Waals surface area contributed by atoms with Crippen LogP contribution in [0.3, 0.4) is 0 Å². The molecule has 1 aromatic heterocycles. The monoisotopic (exact) mass is 476 g/mol. The van der Waals surface area contributed by atoms with Gasteiger partial charge in [0.25, 0.3) is 10.0 Å². The number of sulfonamides is 1. The number of benzene rings is 1. The van der Waals surface area contributed by atoms with Crippen LogP contribution in [0, 0.1) is 9.49 Å². The van der Waals surface area contributed by atoms with Crippen molar-refractivity contribution >= 4 is 55.5 Å². The molecule has 2 heterocycles. The van der Waals surface area contributed by atoms with Crippen molar-refractivity contribution in [3.63, 3.8) is 0 Å². The van der Waals surface area contributed by atoms with Gasteiger partial charge in [-0.05, 0) is 59.0 Å². The van der Waals surface area contributed by atoms with Gasteiger partial charge in [-0.3, -0.25) is 4.79 Å². The Morgan fingerprint density at radius 2 is 1.88 bits per heavy atom. The SMILES string of the molecule is O=C(Nc1ccccc1I)C1CCN(S(=O)(=O)c2cccs2)CC1. The van der Waals surface area contributed by atoms with Crippen LogP contribution < -0.4 is 5.32 Å². The Labute approximate surface area is 159 Å². The number of carbonyl (C=O) groups excluding carboxylic acids is 1. The van der Waals surface area contributed by atoms with Crippen LogP contribution in [-0.2, 0) is 14.8 Å². The number of anilines is 1. The average molecular weight is 476 g/mol. The highest BCUT2D eigenvalue weighted by molar-refractivity contribution is 14.1. The van der Waals surface area contributed by atoms with Crippen molar-refractivity contribution in [2.45, 2.75) is 17.1 Å². The Bertz CT molecular complexity index is 814. The van der Waals surface area contributed by atoms with Crippen molar-refractivity contribution in [2.75, 3.05) is 18.4 Å². The second-order valence-corrected chi connectivity index (χ2v) is 9.85. The molecule has 1 saturated heterocycles. The molecule has 0 aliphatic carbocycles. The molecular formula is C16H17IN2O3S2. The van der Waals surface area contributed by atoms with Crippen LogP contribution in [0.2, 0.25) is 0 Å². The molecule has 0 saturated carbocycles. The smallest absolute Gasteiger partial charge is 0.252 e. The molecule has 1 aliphatic heterocycles. The standard InChI is InChI=1S/C16H17IN2O3S2/c17-13-4-1-2-5-14(13)18-16(20)12-7-9-19(10-8-12)24(21,22)15-6-3-11-23-15/h1-6,11-12H,7-10H2,(H,18,20). The van der Waals surface area contributed by atoms with Crippen LogP contribution in [-0.4, -0.2) is 31.7 Å². The van der Waals surface area contributed by atoms with E-state index in [1.54, 1.807) is 17.5 Å². The van der Waals surface area contributed by atoms with Crippen LogP contribution in [0.25, 0.3) is 0 Å². The third kappa shape index (κ3) is 3.81. The van der Waals surface area contributed by atoms with Crippen LogP contribution in [0.5, 0.6) is 0 Å². The number of rotatable bonds is 4. The van der Waals surface area contributed by atoms with Gasteiger partial charge in [-0.15, -0.1) is 11.3 Å². The van der Waals surface area contributed by atoms with E-state index in [0.29, 0.717) is 30.1 Å². The molecule has 3 rings (SSSR count). The van der Waals surface area contributed by atoms with Crippen molar-refractivity contribution in [3.05, 3.63) is 45.3 Å². The third-order valence-electron chi connectivity index (χ3n) is 4.05. The molecule has 0 atom stereocenters. The van der Waals surface area contributed by atoms with E-state index < -0.39 is 10.0 Å². The molecule has 1 N–H and O–H groups in total. The molecule has 0 unspecified atom stereocenters. The summed E-state index contributed by atoms with van der Waals surface area (Å²) in [5.41, 5.74) is 0.803. The number of hydrogen-bond acceptors (Lipinski definition) is 4. The fourth-order valence-electron chi connectivity index (χ4n) is 2.69. The lowest BCUT2D eigenvalue weighted by Gasteiger charge is -2.30. The summed E-state index contributed by atoms with van der Waals surface area (Å²) in [6, 6.07) is 11.0. The molecule has 1 fully saturated rings. The highest BCUT2D eigenvalue weighted by Gasteiger charge is 2.32. The molecule has 1 aliphatic rings. The normalized spacial score (nSPS) is 16.9. The lowest BCUT2D eigenvalue weighted by molar-refractivity contribution is -0.120. The predicted molar refractivity (Wildman–Crippen MR) is 104 cm³/mol. The van der Waals surface area contributed by atoms with Crippen molar-refractivity contribution in [2.24, 2.45) is 5.92 Å². The molecule has 2 aromatic rings. The van der Waals surface area contributed by atoms with Crippen molar-refractivity contribution in [1.82, 2.24) is 4.31 Å². The fourth-order valence-corrected chi connectivity index (χ4v) is 5.83. The van der Waals surface area contributed by atoms with E-state index in [2.05, 4.69) is 27.9 Å². The number of nitrogens with one attached hydrogen (secondary N) is 1. The summed E-state index contributed by atoms with van der Waals surface area (Å²) in [5.74, 6) is -0.192. The summed E-state index contributed by atoms with van der Waals surface area (Å²) in [5, 5.41) is 4.71. The Balaban J connectivity index is 1.61. The number of thiophene rings is 1. The average Bonchev–Trinajstić information content (AvgIpc) is 3.12. The van der Waals surface area contributed by atoms with E-state index in [-0.39, 0.29) is 11.8 Å². The van der Waals surface area contributed by atoms with Gasteiger partial charge >= 0.3 is 0 Å². The molecule has 0 bridgehead atoms. The first-order valence-electron chi connectivity index (χ1n) is 7.57. The van der Waals surface area contributed by atoms with E-state index in [9.17, 15) is 13.2 Å². The summed E-state index contributed by atoms with van der Waals surface area (Å²) >= 11 is 3.41. The minimum atomic E-state index is -3.41. The summed E-state index contributed by atoms with van der Waals surface area (Å²) in [6.07, 6.45) is 1.08. The Hall–Kier alpha value is -0.970. The van der Waals surface area contributed by atoms with Gasteiger partial charge < -0.3 is 5.32 Å². The summed E-state index contributed by atoms with van der Waals surface area (Å²) < 4.78 is 27.8. The summed E-state index contributed by atoms with van der Waals surface area (Å²) in [7, 11) is -3.41. The molecule has 5 nitrogen and oxygen atoms in total. The molecule has 1 aromatic carbocycles. The number of carbonyl (C=O) groups is 1. The number of hydrogen-bond donors (Lipinski definition) is 1. The Morgan fingerprint density at radius 1 is 1.17 bits per heavy atom.